The Labute approximate surface area is 129 Å². The van der Waals surface area contributed by atoms with Crippen LogP contribution in [0.4, 0.5) is 0 Å². The van der Waals surface area contributed by atoms with Crippen molar-refractivity contribution in [2.45, 2.75) is 83.8 Å². The molecule has 4 nitrogen and oxygen atoms in total. The van der Waals surface area contributed by atoms with Crippen LogP contribution >= 0.6 is 0 Å². The van der Waals surface area contributed by atoms with Gasteiger partial charge in [-0.25, -0.2) is 0 Å². The Balaban J connectivity index is 1.96. The molecule has 1 aliphatic heterocycles. The van der Waals surface area contributed by atoms with Crippen LogP contribution in [0.2, 0.25) is 0 Å². The zero-order valence-electron chi connectivity index (χ0n) is 14.2. The summed E-state index contributed by atoms with van der Waals surface area (Å²) < 4.78 is 0. The van der Waals surface area contributed by atoms with Crippen molar-refractivity contribution in [3.05, 3.63) is 0 Å². The molecule has 2 fully saturated rings. The van der Waals surface area contributed by atoms with Gasteiger partial charge >= 0.3 is 0 Å². The van der Waals surface area contributed by atoms with Crippen molar-refractivity contribution in [2.75, 3.05) is 13.1 Å². The third-order valence-corrected chi connectivity index (χ3v) is 5.94. The first-order chi connectivity index (χ1) is 9.84. The molecule has 4 heteroatoms. The van der Waals surface area contributed by atoms with Gasteiger partial charge in [0.15, 0.2) is 0 Å². The summed E-state index contributed by atoms with van der Waals surface area (Å²) in [6.45, 7) is 11.2. The lowest BCUT2D eigenvalue weighted by Crippen LogP contribution is -2.57. The van der Waals surface area contributed by atoms with Crippen molar-refractivity contribution in [3.8, 4) is 0 Å². The second-order valence-electron chi connectivity index (χ2n) is 7.60. The molecule has 2 unspecified atom stereocenters. The SMILES string of the molecule is CCC1(CC)CCN(C(C)CC(C)(NC2CC2)C(N)=O)C1. The summed E-state index contributed by atoms with van der Waals surface area (Å²) in [4.78, 5) is 14.5. The highest BCUT2D eigenvalue weighted by Crippen LogP contribution is 2.38. The van der Waals surface area contributed by atoms with Crippen LogP contribution in [-0.2, 0) is 4.79 Å². The highest BCUT2D eigenvalue weighted by Gasteiger charge is 2.42. The van der Waals surface area contributed by atoms with E-state index in [1.165, 1.54) is 38.6 Å². The van der Waals surface area contributed by atoms with Crippen molar-refractivity contribution < 1.29 is 4.79 Å². The molecule has 0 bridgehead atoms. The third-order valence-electron chi connectivity index (χ3n) is 5.94. The molecule has 21 heavy (non-hydrogen) atoms. The van der Waals surface area contributed by atoms with Crippen LogP contribution in [0.15, 0.2) is 0 Å². The van der Waals surface area contributed by atoms with E-state index in [0.717, 1.165) is 13.0 Å². The van der Waals surface area contributed by atoms with Crippen molar-refractivity contribution in [1.29, 1.82) is 0 Å². The van der Waals surface area contributed by atoms with Gasteiger partial charge in [-0.2, -0.15) is 0 Å². The Morgan fingerprint density at radius 2 is 2.05 bits per heavy atom. The highest BCUT2D eigenvalue weighted by atomic mass is 16.1. The van der Waals surface area contributed by atoms with E-state index in [9.17, 15) is 4.79 Å². The average molecular weight is 295 g/mol. The number of carbonyl (C=O) groups excluding carboxylic acids is 1. The summed E-state index contributed by atoms with van der Waals surface area (Å²) >= 11 is 0. The molecule has 0 aromatic carbocycles. The molecule has 2 rings (SSSR count). The van der Waals surface area contributed by atoms with Crippen molar-refractivity contribution in [3.63, 3.8) is 0 Å². The summed E-state index contributed by atoms with van der Waals surface area (Å²) in [6, 6.07) is 0.896. The van der Waals surface area contributed by atoms with Crippen LogP contribution < -0.4 is 11.1 Å². The van der Waals surface area contributed by atoms with E-state index in [4.69, 9.17) is 5.73 Å². The van der Waals surface area contributed by atoms with E-state index >= 15 is 0 Å². The number of nitrogens with two attached hydrogens (primary N) is 1. The molecule has 1 amide bonds. The zero-order valence-corrected chi connectivity index (χ0v) is 14.2. The van der Waals surface area contributed by atoms with Gasteiger partial charge in [-0.15, -0.1) is 0 Å². The van der Waals surface area contributed by atoms with E-state index in [-0.39, 0.29) is 5.91 Å². The normalized spacial score (nSPS) is 26.5. The number of primary amides is 1. The van der Waals surface area contributed by atoms with Crippen LogP contribution in [0.3, 0.4) is 0 Å². The smallest absolute Gasteiger partial charge is 0.237 e. The summed E-state index contributed by atoms with van der Waals surface area (Å²) in [5.74, 6) is -0.210. The number of hydrogen-bond donors (Lipinski definition) is 2. The summed E-state index contributed by atoms with van der Waals surface area (Å²) in [5.41, 5.74) is 5.60. The molecule has 1 saturated carbocycles. The molecule has 3 N–H and O–H groups in total. The number of rotatable bonds is 8. The Morgan fingerprint density at radius 3 is 2.48 bits per heavy atom. The third kappa shape index (κ3) is 3.78. The summed E-state index contributed by atoms with van der Waals surface area (Å²) in [6.07, 6.45) is 6.95. The topological polar surface area (TPSA) is 58.4 Å². The van der Waals surface area contributed by atoms with Gasteiger partial charge < -0.3 is 16.0 Å². The van der Waals surface area contributed by atoms with E-state index in [2.05, 4.69) is 31.0 Å². The summed E-state index contributed by atoms with van der Waals surface area (Å²) in [7, 11) is 0. The molecule has 1 heterocycles. The minimum atomic E-state index is -0.565. The predicted molar refractivity (Wildman–Crippen MR) is 87.0 cm³/mol. The maximum Gasteiger partial charge on any atom is 0.237 e. The van der Waals surface area contributed by atoms with E-state index < -0.39 is 5.54 Å². The number of amides is 1. The van der Waals surface area contributed by atoms with Gasteiger partial charge in [-0.05, 0) is 64.3 Å². The quantitative estimate of drug-likeness (QED) is 0.722. The van der Waals surface area contributed by atoms with Gasteiger partial charge in [0.2, 0.25) is 5.91 Å². The van der Waals surface area contributed by atoms with Crippen LogP contribution in [0.25, 0.3) is 0 Å². The number of hydrogen-bond acceptors (Lipinski definition) is 3. The Bertz CT molecular complexity index is 376. The monoisotopic (exact) mass is 295 g/mol. The molecule has 0 radical (unpaired) electrons. The van der Waals surface area contributed by atoms with E-state index in [0.29, 0.717) is 17.5 Å². The number of nitrogens with zero attached hydrogens (tertiary/aromatic N) is 1. The molecular formula is C17H33N3O. The fraction of sp³-hybridized carbons (Fsp3) is 0.941. The first-order valence-electron chi connectivity index (χ1n) is 8.66. The fourth-order valence-corrected chi connectivity index (χ4v) is 3.80. The van der Waals surface area contributed by atoms with Gasteiger partial charge in [0, 0.05) is 18.6 Å². The second-order valence-corrected chi connectivity index (χ2v) is 7.60. The van der Waals surface area contributed by atoms with Gasteiger partial charge in [0.05, 0.1) is 5.54 Å². The second kappa shape index (κ2) is 6.25. The number of carbonyl (C=O) groups is 1. The lowest BCUT2D eigenvalue weighted by molar-refractivity contribution is -0.124. The minimum Gasteiger partial charge on any atom is -0.368 e. The van der Waals surface area contributed by atoms with Gasteiger partial charge in [0.25, 0.3) is 0 Å². The molecule has 0 aromatic rings. The molecule has 1 aliphatic carbocycles. The maximum absolute atomic E-state index is 11.9. The molecule has 1 saturated heterocycles. The lowest BCUT2D eigenvalue weighted by atomic mass is 9.82. The number of likely N-dealkylation sites (tertiary alicyclic amines) is 1. The van der Waals surface area contributed by atoms with Gasteiger partial charge in [-0.1, -0.05) is 13.8 Å². The first kappa shape index (κ1) is 16.8. The zero-order chi connectivity index (χ0) is 15.7. The van der Waals surface area contributed by atoms with E-state index in [1.807, 2.05) is 6.92 Å². The average Bonchev–Trinajstić information content (AvgIpc) is 3.14. The van der Waals surface area contributed by atoms with Gasteiger partial charge in [0.1, 0.15) is 0 Å². The summed E-state index contributed by atoms with van der Waals surface area (Å²) in [5, 5.41) is 3.47. The Morgan fingerprint density at radius 1 is 1.43 bits per heavy atom. The van der Waals surface area contributed by atoms with Crippen LogP contribution in [-0.4, -0.2) is 41.5 Å². The lowest BCUT2D eigenvalue weighted by Gasteiger charge is -2.35. The largest absolute Gasteiger partial charge is 0.368 e. The van der Waals surface area contributed by atoms with Crippen molar-refractivity contribution in [1.82, 2.24) is 10.2 Å². The highest BCUT2D eigenvalue weighted by molar-refractivity contribution is 5.84. The maximum atomic E-state index is 11.9. The minimum absolute atomic E-state index is 0.210. The molecule has 122 valence electrons. The van der Waals surface area contributed by atoms with Crippen LogP contribution in [0, 0.1) is 5.41 Å². The molecular weight excluding hydrogens is 262 g/mol. The molecule has 2 atom stereocenters. The molecule has 0 spiro atoms. The predicted octanol–water partition coefficient (Wildman–Crippen LogP) is 2.27. The Hall–Kier alpha value is -0.610. The van der Waals surface area contributed by atoms with E-state index in [1.54, 1.807) is 0 Å². The Kier molecular flexibility index (Phi) is 4.99. The standard InChI is InChI=1S/C17H33N3O/c1-5-17(6-2)9-10-20(12-17)13(3)11-16(4,15(18)21)19-14-7-8-14/h13-14,19H,5-12H2,1-4H3,(H2,18,21). The van der Waals surface area contributed by atoms with Crippen LogP contribution in [0.5, 0.6) is 0 Å². The van der Waals surface area contributed by atoms with Crippen molar-refractivity contribution >= 4 is 5.91 Å². The number of nitrogens with one attached hydrogen (secondary N) is 1. The molecule has 0 aromatic heterocycles. The molecule has 2 aliphatic rings. The van der Waals surface area contributed by atoms with Crippen molar-refractivity contribution in [2.24, 2.45) is 11.1 Å². The first-order valence-corrected chi connectivity index (χ1v) is 8.66. The fourth-order valence-electron chi connectivity index (χ4n) is 3.80. The van der Waals surface area contributed by atoms with Gasteiger partial charge in [-0.3, -0.25) is 4.79 Å². The van der Waals surface area contributed by atoms with Crippen LogP contribution in [0.1, 0.15) is 66.2 Å².